The number of imidazole rings is 1. The molecule has 0 aliphatic carbocycles. The third-order valence-corrected chi connectivity index (χ3v) is 3.07. The minimum atomic E-state index is 0.337. The number of ether oxygens (including phenoxy) is 1. The summed E-state index contributed by atoms with van der Waals surface area (Å²) >= 11 is 0. The van der Waals surface area contributed by atoms with Gasteiger partial charge < -0.3 is 9.30 Å². The van der Waals surface area contributed by atoms with Gasteiger partial charge in [0.1, 0.15) is 5.82 Å². The Morgan fingerprint density at radius 1 is 1.32 bits per heavy atom. The van der Waals surface area contributed by atoms with E-state index in [0.717, 1.165) is 42.9 Å². The molecule has 0 spiro atoms. The number of hydrogen-bond acceptors (Lipinski definition) is 3. The molecule has 1 heterocycles. The highest BCUT2D eigenvalue weighted by molar-refractivity contribution is 5.75. The van der Waals surface area contributed by atoms with Gasteiger partial charge in [-0.2, -0.15) is 5.26 Å². The van der Waals surface area contributed by atoms with E-state index in [9.17, 15) is 0 Å². The first-order valence-corrected chi connectivity index (χ1v) is 6.75. The monoisotopic (exact) mass is 257 g/mol. The minimum Gasteiger partial charge on any atom is -0.380 e. The average Bonchev–Trinajstić information content (AvgIpc) is 2.77. The molecule has 0 unspecified atom stereocenters. The lowest BCUT2D eigenvalue weighted by molar-refractivity contribution is 0.124. The first-order valence-electron chi connectivity index (χ1n) is 6.75. The lowest BCUT2D eigenvalue weighted by atomic mass is 10.3. The molecule has 0 aliphatic heterocycles. The number of para-hydroxylation sites is 2. The maximum absolute atomic E-state index is 8.88. The summed E-state index contributed by atoms with van der Waals surface area (Å²) in [5.74, 6) is 0.822. The van der Waals surface area contributed by atoms with Crippen LogP contribution < -0.4 is 0 Å². The average molecular weight is 257 g/mol. The zero-order chi connectivity index (χ0) is 13.5. The van der Waals surface area contributed by atoms with Gasteiger partial charge >= 0.3 is 0 Å². The minimum absolute atomic E-state index is 0.337. The van der Waals surface area contributed by atoms with E-state index in [1.54, 1.807) is 0 Å². The van der Waals surface area contributed by atoms with E-state index in [4.69, 9.17) is 10.00 Å². The predicted molar refractivity (Wildman–Crippen MR) is 74.8 cm³/mol. The van der Waals surface area contributed by atoms with Gasteiger partial charge in [-0.3, -0.25) is 0 Å². The van der Waals surface area contributed by atoms with Gasteiger partial charge in [-0.1, -0.05) is 25.5 Å². The molecule has 0 saturated heterocycles. The molecule has 4 nitrogen and oxygen atoms in total. The Morgan fingerprint density at radius 3 is 2.95 bits per heavy atom. The van der Waals surface area contributed by atoms with Crippen LogP contribution in [0.3, 0.4) is 0 Å². The van der Waals surface area contributed by atoms with Crippen LogP contribution in [0.15, 0.2) is 24.3 Å². The highest BCUT2D eigenvalue weighted by Crippen LogP contribution is 2.16. The standard InChI is InChI=1S/C15H19N3O/c1-2-3-11-19-12-10-18-14-7-5-4-6-13(14)17-15(18)8-9-16/h4-7H,2-3,8,10-12H2,1H3. The van der Waals surface area contributed by atoms with Crippen molar-refractivity contribution in [3.8, 4) is 6.07 Å². The van der Waals surface area contributed by atoms with Crippen LogP contribution in [0.25, 0.3) is 11.0 Å². The molecule has 0 aliphatic rings. The Labute approximate surface area is 113 Å². The summed E-state index contributed by atoms with van der Waals surface area (Å²) in [4.78, 5) is 4.50. The van der Waals surface area contributed by atoms with Crippen molar-refractivity contribution in [2.24, 2.45) is 0 Å². The van der Waals surface area contributed by atoms with Crippen LogP contribution in [-0.2, 0) is 17.7 Å². The topological polar surface area (TPSA) is 50.8 Å². The number of nitriles is 1. The largest absolute Gasteiger partial charge is 0.380 e. The Kier molecular flexibility index (Phi) is 4.93. The molecule has 2 rings (SSSR count). The van der Waals surface area contributed by atoms with Gasteiger partial charge in [-0.25, -0.2) is 4.98 Å². The maximum atomic E-state index is 8.88. The summed E-state index contributed by atoms with van der Waals surface area (Å²) in [6, 6.07) is 10.1. The fourth-order valence-electron chi connectivity index (χ4n) is 2.08. The van der Waals surface area contributed by atoms with Crippen LogP contribution in [0.2, 0.25) is 0 Å². The SMILES string of the molecule is CCCCOCCn1c(CC#N)nc2ccccc21. The fourth-order valence-corrected chi connectivity index (χ4v) is 2.08. The smallest absolute Gasteiger partial charge is 0.124 e. The molecule has 0 atom stereocenters. The predicted octanol–water partition coefficient (Wildman–Crippen LogP) is 2.92. The summed E-state index contributed by atoms with van der Waals surface area (Å²) in [5.41, 5.74) is 2.02. The number of rotatable bonds is 7. The first-order chi connectivity index (χ1) is 9.36. The second-order valence-electron chi connectivity index (χ2n) is 4.47. The second-order valence-corrected chi connectivity index (χ2v) is 4.47. The normalized spacial score (nSPS) is 10.7. The van der Waals surface area contributed by atoms with Crippen molar-refractivity contribution >= 4 is 11.0 Å². The Hall–Kier alpha value is -1.86. The molecular formula is C15H19N3O. The van der Waals surface area contributed by atoms with Crippen LogP contribution in [0, 0.1) is 11.3 Å². The second kappa shape index (κ2) is 6.91. The van der Waals surface area contributed by atoms with Gasteiger partial charge in [0.05, 0.1) is 30.1 Å². The maximum Gasteiger partial charge on any atom is 0.124 e. The van der Waals surface area contributed by atoms with Crippen LogP contribution in [0.4, 0.5) is 0 Å². The van der Waals surface area contributed by atoms with Crippen molar-refractivity contribution in [2.45, 2.75) is 32.7 Å². The fraction of sp³-hybridized carbons (Fsp3) is 0.467. The van der Waals surface area contributed by atoms with E-state index in [0.29, 0.717) is 13.0 Å². The highest BCUT2D eigenvalue weighted by atomic mass is 16.5. The van der Waals surface area contributed by atoms with E-state index in [1.807, 2.05) is 24.3 Å². The summed E-state index contributed by atoms with van der Waals surface area (Å²) in [6.07, 6.45) is 2.58. The number of nitrogens with zero attached hydrogens (tertiary/aromatic N) is 3. The number of hydrogen-bond donors (Lipinski definition) is 0. The van der Waals surface area contributed by atoms with Gasteiger partial charge in [0.25, 0.3) is 0 Å². The number of aromatic nitrogens is 2. The molecule has 0 bridgehead atoms. The number of benzene rings is 1. The molecule has 2 aromatic rings. The van der Waals surface area contributed by atoms with Crippen LogP contribution in [0.1, 0.15) is 25.6 Å². The summed E-state index contributed by atoms with van der Waals surface area (Å²) < 4.78 is 7.69. The molecular weight excluding hydrogens is 238 g/mol. The lowest BCUT2D eigenvalue weighted by Gasteiger charge is -2.08. The molecule has 0 radical (unpaired) electrons. The molecule has 1 aromatic carbocycles. The zero-order valence-corrected chi connectivity index (χ0v) is 11.3. The van der Waals surface area contributed by atoms with Crippen molar-refractivity contribution in [3.63, 3.8) is 0 Å². The Morgan fingerprint density at radius 2 is 2.16 bits per heavy atom. The zero-order valence-electron chi connectivity index (χ0n) is 11.3. The Balaban J connectivity index is 2.10. The van der Waals surface area contributed by atoms with E-state index in [2.05, 4.69) is 22.5 Å². The molecule has 0 N–H and O–H groups in total. The van der Waals surface area contributed by atoms with E-state index >= 15 is 0 Å². The Bertz CT molecular complexity index is 568. The summed E-state index contributed by atoms with van der Waals surface area (Å²) in [6.45, 7) is 4.37. The van der Waals surface area contributed by atoms with Crippen molar-refractivity contribution in [2.75, 3.05) is 13.2 Å². The molecule has 0 amide bonds. The molecule has 4 heteroatoms. The molecule has 19 heavy (non-hydrogen) atoms. The van der Waals surface area contributed by atoms with Crippen molar-refractivity contribution < 1.29 is 4.74 Å². The highest BCUT2D eigenvalue weighted by Gasteiger charge is 2.09. The first kappa shape index (κ1) is 13.6. The van der Waals surface area contributed by atoms with Gasteiger partial charge in [-0.05, 0) is 18.6 Å². The summed E-state index contributed by atoms with van der Waals surface area (Å²) in [5, 5.41) is 8.88. The van der Waals surface area contributed by atoms with Crippen LogP contribution in [0.5, 0.6) is 0 Å². The third kappa shape index (κ3) is 3.33. The molecule has 1 aromatic heterocycles. The molecule has 100 valence electrons. The van der Waals surface area contributed by atoms with Crippen LogP contribution >= 0.6 is 0 Å². The van der Waals surface area contributed by atoms with Crippen molar-refractivity contribution in [3.05, 3.63) is 30.1 Å². The summed E-state index contributed by atoms with van der Waals surface area (Å²) in [7, 11) is 0. The van der Waals surface area contributed by atoms with Gasteiger partial charge in [0.15, 0.2) is 0 Å². The van der Waals surface area contributed by atoms with Gasteiger partial charge in [-0.15, -0.1) is 0 Å². The van der Waals surface area contributed by atoms with E-state index < -0.39 is 0 Å². The number of fused-ring (bicyclic) bond motifs is 1. The van der Waals surface area contributed by atoms with Gasteiger partial charge in [0.2, 0.25) is 0 Å². The molecule has 0 fully saturated rings. The van der Waals surface area contributed by atoms with E-state index in [1.165, 1.54) is 0 Å². The van der Waals surface area contributed by atoms with Gasteiger partial charge in [0, 0.05) is 13.2 Å². The quantitative estimate of drug-likeness (QED) is 0.717. The van der Waals surface area contributed by atoms with Crippen molar-refractivity contribution in [1.29, 1.82) is 5.26 Å². The number of unbranched alkanes of at least 4 members (excludes halogenated alkanes) is 1. The lowest BCUT2D eigenvalue weighted by Crippen LogP contribution is -2.09. The molecule has 0 saturated carbocycles. The third-order valence-electron chi connectivity index (χ3n) is 3.07. The van der Waals surface area contributed by atoms with E-state index in [-0.39, 0.29) is 0 Å². The van der Waals surface area contributed by atoms with Crippen LogP contribution in [-0.4, -0.2) is 22.8 Å². The van der Waals surface area contributed by atoms with Crippen molar-refractivity contribution in [1.82, 2.24) is 9.55 Å².